The van der Waals surface area contributed by atoms with Crippen LogP contribution in [0.2, 0.25) is 0 Å². The molecule has 1 N–H and O–H groups in total. The fraction of sp³-hybridized carbons (Fsp3) is 0.333. The number of imidazole rings is 1. The van der Waals surface area contributed by atoms with E-state index >= 15 is 0 Å². The monoisotopic (exact) mass is 274 g/mol. The quantitative estimate of drug-likeness (QED) is 0.850. The Morgan fingerprint density at radius 2 is 1.80 bits per heavy atom. The Kier molecular flexibility index (Phi) is 4.08. The molecular formula is C15H18N2O3. The van der Waals surface area contributed by atoms with Gasteiger partial charge in [0.2, 0.25) is 0 Å². The average molecular weight is 274 g/mol. The van der Waals surface area contributed by atoms with E-state index in [1.54, 1.807) is 22.1 Å². The van der Waals surface area contributed by atoms with Crippen LogP contribution in [0.15, 0.2) is 40.7 Å². The molecule has 1 heterocycles. The Hall–Kier alpha value is -2.30. The Bertz CT molecular complexity index is 722. The minimum absolute atomic E-state index is 0.106. The standard InChI is InChI=1S/C15H18N2O3/c1-3-11(14(18)19)9-10-17-13-8-6-5-7-12(13)16(4-2)15(17)20/h5-9H,3-4,10H2,1-2H3,(H,18,19). The number of fused-ring (bicyclic) bond motifs is 1. The van der Waals surface area contributed by atoms with Gasteiger partial charge in [0, 0.05) is 18.7 Å². The number of carboxylic acids is 1. The van der Waals surface area contributed by atoms with Gasteiger partial charge in [-0.25, -0.2) is 9.59 Å². The number of hydrogen-bond acceptors (Lipinski definition) is 2. The summed E-state index contributed by atoms with van der Waals surface area (Å²) in [5.74, 6) is -0.931. The molecule has 0 radical (unpaired) electrons. The number of hydrogen-bond donors (Lipinski definition) is 1. The van der Waals surface area contributed by atoms with Crippen LogP contribution in [0.4, 0.5) is 0 Å². The highest BCUT2D eigenvalue weighted by molar-refractivity contribution is 5.86. The third-order valence-electron chi connectivity index (χ3n) is 3.42. The van der Waals surface area contributed by atoms with Gasteiger partial charge < -0.3 is 5.11 Å². The van der Waals surface area contributed by atoms with Crippen LogP contribution in [0.5, 0.6) is 0 Å². The van der Waals surface area contributed by atoms with Crippen LogP contribution < -0.4 is 5.69 Å². The summed E-state index contributed by atoms with van der Waals surface area (Å²) in [6, 6.07) is 7.55. The van der Waals surface area contributed by atoms with Gasteiger partial charge in [-0.1, -0.05) is 25.1 Å². The summed E-state index contributed by atoms with van der Waals surface area (Å²) in [5, 5.41) is 9.02. The van der Waals surface area contributed by atoms with Crippen LogP contribution in [0.25, 0.3) is 11.0 Å². The van der Waals surface area contributed by atoms with Crippen molar-refractivity contribution in [3.63, 3.8) is 0 Å². The van der Waals surface area contributed by atoms with Crippen molar-refractivity contribution in [2.75, 3.05) is 0 Å². The normalized spacial score (nSPS) is 12.0. The van der Waals surface area contributed by atoms with Gasteiger partial charge in [-0.2, -0.15) is 0 Å². The van der Waals surface area contributed by atoms with Crippen molar-refractivity contribution >= 4 is 17.0 Å². The highest BCUT2D eigenvalue weighted by Crippen LogP contribution is 2.13. The minimum atomic E-state index is -0.931. The molecule has 20 heavy (non-hydrogen) atoms. The molecule has 2 rings (SSSR count). The lowest BCUT2D eigenvalue weighted by Gasteiger charge is -2.01. The van der Waals surface area contributed by atoms with Crippen LogP contribution in [0, 0.1) is 0 Å². The molecule has 0 atom stereocenters. The number of carboxylic acid groups (broad SMARTS) is 1. The summed E-state index contributed by atoms with van der Waals surface area (Å²) in [7, 11) is 0. The van der Waals surface area contributed by atoms with Gasteiger partial charge >= 0.3 is 11.7 Å². The van der Waals surface area contributed by atoms with Crippen molar-refractivity contribution in [3.05, 3.63) is 46.4 Å². The maximum atomic E-state index is 12.3. The number of carbonyl (C=O) groups is 1. The predicted molar refractivity (Wildman–Crippen MR) is 77.9 cm³/mol. The van der Waals surface area contributed by atoms with Crippen LogP contribution in [0.3, 0.4) is 0 Å². The molecule has 1 aromatic heterocycles. The number of aromatic nitrogens is 2. The second kappa shape index (κ2) is 5.77. The topological polar surface area (TPSA) is 64.2 Å². The van der Waals surface area contributed by atoms with Crippen molar-refractivity contribution in [1.29, 1.82) is 0 Å². The number of aryl methyl sites for hydroxylation is 1. The Labute approximate surface area is 116 Å². The van der Waals surface area contributed by atoms with Gasteiger partial charge in [0.15, 0.2) is 0 Å². The van der Waals surface area contributed by atoms with Crippen molar-refractivity contribution in [3.8, 4) is 0 Å². The second-order valence-corrected chi connectivity index (χ2v) is 4.51. The van der Waals surface area contributed by atoms with Crippen LogP contribution in [0.1, 0.15) is 20.3 Å². The van der Waals surface area contributed by atoms with E-state index in [4.69, 9.17) is 5.11 Å². The third-order valence-corrected chi connectivity index (χ3v) is 3.42. The molecule has 0 aliphatic heterocycles. The number of aliphatic carboxylic acids is 1. The maximum absolute atomic E-state index is 12.3. The molecule has 0 fully saturated rings. The first-order valence-electron chi connectivity index (χ1n) is 6.70. The molecule has 2 aromatic rings. The highest BCUT2D eigenvalue weighted by atomic mass is 16.4. The van der Waals surface area contributed by atoms with Gasteiger partial charge in [0.05, 0.1) is 11.0 Å². The lowest BCUT2D eigenvalue weighted by atomic mass is 10.2. The fourth-order valence-electron chi connectivity index (χ4n) is 2.34. The van der Waals surface area contributed by atoms with Crippen LogP contribution >= 0.6 is 0 Å². The van der Waals surface area contributed by atoms with Crippen molar-refractivity contribution < 1.29 is 9.90 Å². The summed E-state index contributed by atoms with van der Waals surface area (Å²) >= 11 is 0. The summed E-state index contributed by atoms with van der Waals surface area (Å²) in [5.41, 5.74) is 1.93. The highest BCUT2D eigenvalue weighted by Gasteiger charge is 2.11. The molecule has 0 aliphatic carbocycles. The molecule has 0 unspecified atom stereocenters. The van der Waals surface area contributed by atoms with Crippen molar-refractivity contribution in [2.45, 2.75) is 33.4 Å². The van der Waals surface area contributed by atoms with E-state index in [0.717, 1.165) is 11.0 Å². The Morgan fingerprint density at radius 1 is 1.20 bits per heavy atom. The van der Waals surface area contributed by atoms with E-state index in [2.05, 4.69) is 0 Å². The summed E-state index contributed by atoms with van der Waals surface area (Å²) < 4.78 is 3.30. The first kappa shape index (κ1) is 14.1. The van der Waals surface area contributed by atoms with Crippen molar-refractivity contribution in [2.24, 2.45) is 0 Å². The first-order valence-corrected chi connectivity index (χ1v) is 6.70. The zero-order valence-corrected chi connectivity index (χ0v) is 11.7. The molecule has 5 heteroatoms. The summed E-state index contributed by atoms with van der Waals surface area (Å²) in [4.78, 5) is 23.3. The third kappa shape index (κ3) is 2.39. The zero-order valence-electron chi connectivity index (χ0n) is 11.7. The molecule has 0 amide bonds. The van der Waals surface area contributed by atoms with E-state index in [-0.39, 0.29) is 12.2 Å². The lowest BCUT2D eigenvalue weighted by Crippen LogP contribution is -2.23. The maximum Gasteiger partial charge on any atom is 0.331 e. The number of rotatable bonds is 5. The largest absolute Gasteiger partial charge is 0.478 e. The second-order valence-electron chi connectivity index (χ2n) is 4.51. The minimum Gasteiger partial charge on any atom is -0.478 e. The van der Waals surface area contributed by atoms with Gasteiger partial charge in [-0.15, -0.1) is 0 Å². The number of allylic oxidation sites excluding steroid dienone is 1. The lowest BCUT2D eigenvalue weighted by molar-refractivity contribution is -0.132. The SMILES string of the molecule is CCC(=CCn1c(=O)n(CC)c2ccccc21)C(=O)O. The number of nitrogens with zero attached hydrogens (tertiary/aromatic N) is 2. The smallest absolute Gasteiger partial charge is 0.331 e. The molecule has 5 nitrogen and oxygen atoms in total. The van der Waals surface area contributed by atoms with Gasteiger partial charge in [-0.3, -0.25) is 9.13 Å². The van der Waals surface area contributed by atoms with E-state index in [0.29, 0.717) is 18.5 Å². The van der Waals surface area contributed by atoms with E-state index < -0.39 is 5.97 Å². The van der Waals surface area contributed by atoms with E-state index in [1.165, 1.54) is 0 Å². The molecule has 106 valence electrons. The number of para-hydroxylation sites is 2. The van der Waals surface area contributed by atoms with E-state index in [1.807, 2.05) is 31.2 Å². The Morgan fingerprint density at radius 3 is 2.30 bits per heavy atom. The average Bonchev–Trinajstić information content (AvgIpc) is 2.71. The van der Waals surface area contributed by atoms with Gasteiger partial charge in [-0.05, 0) is 25.5 Å². The molecule has 0 bridgehead atoms. The predicted octanol–water partition coefficient (Wildman–Crippen LogP) is 2.24. The van der Waals surface area contributed by atoms with E-state index in [9.17, 15) is 9.59 Å². The van der Waals surface area contributed by atoms with Crippen molar-refractivity contribution in [1.82, 2.24) is 9.13 Å². The molecule has 0 aliphatic rings. The molecule has 0 saturated carbocycles. The van der Waals surface area contributed by atoms with Gasteiger partial charge in [0.1, 0.15) is 0 Å². The zero-order chi connectivity index (χ0) is 14.7. The van der Waals surface area contributed by atoms with Gasteiger partial charge in [0.25, 0.3) is 0 Å². The van der Waals surface area contributed by atoms with Crippen LogP contribution in [-0.2, 0) is 17.9 Å². The number of benzene rings is 1. The summed E-state index contributed by atoms with van der Waals surface area (Å²) in [6.07, 6.45) is 2.05. The molecular weight excluding hydrogens is 256 g/mol. The molecule has 0 spiro atoms. The Balaban J connectivity index is 2.53. The van der Waals surface area contributed by atoms with Crippen LogP contribution in [-0.4, -0.2) is 20.2 Å². The fourth-order valence-corrected chi connectivity index (χ4v) is 2.34. The molecule has 1 aromatic carbocycles. The molecule has 0 saturated heterocycles. The summed E-state index contributed by atoms with van der Waals surface area (Å²) in [6.45, 7) is 4.58. The first-order chi connectivity index (χ1) is 9.60.